The Bertz CT molecular complexity index is 384. The topological polar surface area (TPSA) is 59.0 Å². The van der Waals surface area contributed by atoms with Crippen LogP contribution >= 0.6 is 0 Å². The standard InChI is InChI=1S/C13H18N2O/c1-9-7-11(12(15)5-4-6-14)8-10(2)13(9)16-3/h7-8,12H,4-5,15H2,1-3H3. The van der Waals surface area contributed by atoms with Gasteiger partial charge in [-0.2, -0.15) is 5.26 Å². The van der Waals surface area contributed by atoms with Crippen LogP contribution in [0.15, 0.2) is 12.1 Å². The normalized spacial score (nSPS) is 11.9. The quantitative estimate of drug-likeness (QED) is 0.845. The molecule has 1 aromatic carbocycles. The number of nitrogens with zero attached hydrogens (tertiary/aromatic N) is 1. The van der Waals surface area contributed by atoms with Gasteiger partial charge in [0, 0.05) is 12.5 Å². The molecule has 16 heavy (non-hydrogen) atoms. The number of nitrogens with two attached hydrogens (primary N) is 1. The van der Waals surface area contributed by atoms with E-state index in [-0.39, 0.29) is 6.04 Å². The molecule has 1 unspecified atom stereocenters. The van der Waals surface area contributed by atoms with Crippen molar-refractivity contribution in [2.24, 2.45) is 5.73 Å². The van der Waals surface area contributed by atoms with Crippen molar-refractivity contribution in [1.82, 2.24) is 0 Å². The Labute approximate surface area is 96.8 Å². The average molecular weight is 218 g/mol. The summed E-state index contributed by atoms with van der Waals surface area (Å²) >= 11 is 0. The molecule has 3 nitrogen and oxygen atoms in total. The fourth-order valence-corrected chi connectivity index (χ4v) is 1.91. The van der Waals surface area contributed by atoms with Crippen molar-refractivity contribution in [3.8, 4) is 11.8 Å². The van der Waals surface area contributed by atoms with Crippen LogP contribution in [-0.2, 0) is 0 Å². The molecular formula is C13H18N2O. The maximum absolute atomic E-state index is 8.53. The zero-order chi connectivity index (χ0) is 12.1. The van der Waals surface area contributed by atoms with Crippen molar-refractivity contribution >= 4 is 0 Å². The highest BCUT2D eigenvalue weighted by Crippen LogP contribution is 2.27. The molecule has 0 aliphatic rings. The second kappa shape index (κ2) is 5.53. The molecule has 0 bridgehead atoms. The molecule has 0 fully saturated rings. The molecule has 0 aliphatic heterocycles. The van der Waals surface area contributed by atoms with Crippen molar-refractivity contribution in [2.75, 3.05) is 7.11 Å². The van der Waals surface area contributed by atoms with Gasteiger partial charge >= 0.3 is 0 Å². The lowest BCUT2D eigenvalue weighted by molar-refractivity contribution is 0.408. The summed E-state index contributed by atoms with van der Waals surface area (Å²) in [6, 6.07) is 6.12. The Kier molecular flexibility index (Phi) is 4.33. The SMILES string of the molecule is COc1c(C)cc(C(N)CCC#N)cc1C. The summed E-state index contributed by atoms with van der Waals surface area (Å²) in [6.07, 6.45) is 1.19. The summed E-state index contributed by atoms with van der Waals surface area (Å²) in [5, 5.41) is 8.53. The van der Waals surface area contributed by atoms with E-state index in [2.05, 4.69) is 6.07 Å². The molecule has 0 radical (unpaired) electrons. The van der Waals surface area contributed by atoms with E-state index < -0.39 is 0 Å². The Balaban J connectivity index is 2.95. The van der Waals surface area contributed by atoms with Crippen LogP contribution in [0.5, 0.6) is 5.75 Å². The highest BCUT2D eigenvalue weighted by atomic mass is 16.5. The van der Waals surface area contributed by atoms with Gasteiger partial charge in [-0.05, 0) is 37.0 Å². The minimum atomic E-state index is -0.0667. The minimum Gasteiger partial charge on any atom is -0.496 e. The first-order valence-corrected chi connectivity index (χ1v) is 5.37. The molecular weight excluding hydrogens is 200 g/mol. The van der Waals surface area contributed by atoms with Crippen molar-refractivity contribution in [3.05, 3.63) is 28.8 Å². The first-order chi connectivity index (χ1) is 7.60. The third-order valence-electron chi connectivity index (χ3n) is 2.68. The summed E-state index contributed by atoms with van der Waals surface area (Å²) in [4.78, 5) is 0. The summed E-state index contributed by atoms with van der Waals surface area (Å²) in [5.41, 5.74) is 9.27. The van der Waals surface area contributed by atoms with Crippen molar-refractivity contribution in [3.63, 3.8) is 0 Å². The first-order valence-electron chi connectivity index (χ1n) is 5.37. The zero-order valence-corrected chi connectivity index (χ0v) is 10.1. The van der Waals surface area contributed by atoms with Gasteiger partial charge in [0.05, 0.1) is 13.2 Å². The first kappa shape index (κ1) is 12.5. The van der Waals surface area contributed by atoms with Gasteiger partial charge in [-0.3, -0.25) is 0 Å². The summed E-state index contributed by atoms with van der Waals surface area (Å²) < 4.78 is 5.30. The number of rotatable bonds is 4. The lowest BCUT2D eigenvalue weighted by Gasteiger charge is -2.15. The molecule has 0 aliphatic carbocycles. The molecule has 1 aromatic rings. The molecule has 0 saturated heterocycles. The van der Waals surface area contributed by atoms with Crippen LogP contribution in [0.1, 0.15) is 35.6 Å². The van der Waals surface area contributed by atoms with E-state index in [9.17, 15) is 0 Å². The van der Waals surface area contributed by atoms with Gasteiger partial charge < -0.3 is 10.5 Å². The van der Waals surface area contributed by atoms with E-state index in [0.29, 0.717) is 12.8 Å². The monoisotopic (exact) mass is 218 g/mol. The van der Waals surface area contributed by atoms with E-state index >= 15 is 0 Å². The van der Waals surface area contributed by atoms with Gasteiger partial charge in [0.15, 0.2) is 0 Å². The zero-order valence-electron chi connectivity index (χ0n) is 10.1. The number of benzene rings is 1. The van der Waals surface area contributed by atoms with E-state index in [1.54, 1.807) is 7.11 Å². The molecule has 1 rings (SSSR count). The Morgan fingerprint density at radius 3 is 2.38 bits per heavy atom. The third kappa shape index (κ3) is 2.74. The Hall–Kier alpha value is -1.53. The number of aryl methyl sites for hydroxylation is 2. The van der Waals surface area contributed by atoms with Crippen molar-refractivity contribution in [2.45, 2.75) is 32.7 Å². The number of hydrogen-bond donors (Lipinski definition) is 1. The number of nitriles is 1. The Morgan fingerprint density at radius 1 is 1.38 bits per heavy atom. The van der Waals surface area contributed by atoms with Crippen LogP contribution in [0, 0.1) is 25.2 Å². The van der Waals surface area contributed by atoms with E-state index in [1.165, 1.54) is 0 Å². The van der Waals surface area contributed by atoms with Gasteiger partial charge in [0.25, 0.3) is 0 Å². The minimum absolute atomic E-state index is 0.0667. The average Bonchev–Trinajstić information content (AvgIpc) is 2.25. The maximum atomic E-state index is 8.53. The fraction of sp³-hybridized carbons (Fsp3) is 0.462. The van der Waals surface area contributed by atoms with Crippen LogP contribution in [-0.4, -0.2) is 7.11 Å². The van der Waals surface area contributed by atoms with Crippen LogP contribution in [0.4, 0.5) is 0 Å². The van der Waals surface area contributed by atoms with Gasteiger partial charge in [0.2, 0.25) is 0 Å². The van der Waals surface area contributed by atoms with Gasteiger partial charge in [0.1, 0.15) is 5.75 Å². The van der Waals surface area contributed by atoms with Crippen LogP contribution in [0.3, 0.4) is 0 Å². The van der Waals surface area contributed by atoms with E-state index in [4.69, 9.17) is 15.7 Å². The predicted molar refractivity (Wildman–Crippen MR) is 64.2 cm³/mol. The molecule has 0 spiro atoms. The van der Waals surface area contributed by atoms with Gasteiger partial charge in [-0.15, -0.1) is 0 Å². The second-order valence-corrected chi connectivity index (χ2v) is 3.99. The maximum Gasteiger partial charge on any atom is 0.124 e. The summed E-state index contributed by atoms with van der Waals surface area (Å²) in [6.45, 7) is 4.01. The van der Waals surface area contributed by atoms with E-state index in [0.717, 1.165) is 22.4 Å². The molecule has 0 amide bonds. The van der Waals surface area contributed by atoms with Gasteiger partial charge in [-0.1, -0.05) is 12.1 Å². The van der Waals surface area contributed by atoms with Crippen molar-refractivity contribution in [1.29, 1.82) is 5.26 Å². The smallest absolute Gasteiger partial charge is 0.124 e. The highest BCUT2D eigenvalue weighted by molar-refractivity contribution is 5.44. The van der Waals surface area contributed by atoms with Crippen LogP contribution in [0.25, 0.3) is 0 Å². The number of hydrogen-bond acceptors (Lipinski definition) is 3. The molecule has 86 valence electrons. The fourth-order valence-electron chi connectivity index (χ4n) is 1.91. The molecule has 0 saturated carbocycles. The summed E-state index contributed by atoms with van der Waals surface area (Å²) in [7, 11) is 1.67. The lowest BCUT2D eigenvalue weighted by atomic mass is 9.98. The molecule has 3 heteroatoms. The predicted octanol–water partition coefficient (Wildman–Crippen LogP) is 2.62. The third-order valence-corrected chi connectivity index (χ3v) is 2.68. The second-order valence-electron chi connectivity index (χ2n) is 3.99. The highest BCUT2D eigenvalue weighted by Gasteiger charge is 2.10. The summed E-state index contributed by atoms with van der Waals surface area (Å²) in [5.74, 6) is 0.913. The lowest BCUT2D eigenvalue weighted by Crippen LogP contribution is -2.10. The molecule has 0 aromatic heterocycles. The van der Waals surface area contributed by atoms with Crippen molar-refractivity contribution < 1.29 is 4.74 Å². The van der Waals surface area contributed by atoms with Gasteiger partial charge in [-0.25, -0.2) is 0 Å². The number of ether oxygens (including phenoxy) is 1. The Morgan fingerprint density at radius 2 is 1.94 bits per heavy atom. The number of methoxy groups -OCH3 is 1. The molecule has 0 heterocycles. The van der Waals surface area contributed by atoms with Crippen LogP contribution < -0.4 is 10.5 Å². The molecule has 2 N–H and O–H groups in total. The van der Waals surface area contributed by atoms with E-state index in [1.807, 2.05) is 26.0 Å². The largest absolute Gasteiger partial charge is 0.496 e. The van der Waals surface area contributed by atoms with Crippen LogP contribution in [0.2, 0.25) is 0 Å². The molecule has 1 atom stereocenters.